The molecular formula is C11H14BrFO. The third-order valence-corrected chi connectivity index (χ3v) is 2.97. The summed E-state index contributed by atoms with van der Waals surface area (Å²) in [5.74, 6) is -0.239. The third-order valence-electron chi connectivity index (χ3n) is 2.23. The van der Waals surface area contributed by atoms with Crippen molar-refractivity contribution >= 4 is 15.9 Å². The van der Waals surface area contributed by atoms with Gasteiger partial charge in [-0.15, -0.1) is 0 Å². The molecule has 1 aromatic rings. The number of hydrogen-bond acceptors (Lipinski definition) is 1. The SMILES string of the molecule is CCC(O)CCc1ccc(F)cc1Br. The largest absolute Gasteiger partial charge is 0.393 e. The lowest BCUT2D eigenvalue weighted by atomic mass is 10.1. The Morgan fingerprint density at radius 2 is 2.21 bits per heavy atom. The van der Waals surface area contributed by atoms with Gasteiger partial charge in [-0.1, -0.05) is 28.9 Å². The van der Waals surface area contributed by atoms with E-state index in [1.165, 1.54) is 12.1 Å². The van der Waals surface area contributed by atoms with E-state index in [1.54, 1.807) is 6.07 Å². The molecule has 0 saturated carbocycles. The van der Waals surface area contributed by atoms with Gasteiger partial charge in [-0.05, 0) is 37.0 Å². The number of rotatable bonds is 4. The summed E-state index contributed by atoms with van der Waals surface area (Å²) in [7, 11) is 0. The molecule has 1 unspecified atom stereocenters. The minimum atomic E-state index is -0.257. The number of hydrogen-bond donors (Lipinski definition) is 1. The van der Waals surface area contributed by atoms with Crippen LogP contribution in [0.5, 0.6) is 0 Å². The van der Waals surface area contributed by atoms with E-state index in [2.05, 4.69) is 15.9 Å². The number of halogens is 2. The van der Waals surface area contributed by atoms with E-state index in [1.807, 2.05) is 6.92 Å². The first-order valence-corrected chi connectivity index (χ1v) is 5.54. The van der Waals surface area contributed by atoms with Crippen molar-refractivity contribution in [3.05, 3.63) is 34.1 Å². The maximum Gasteiger partial charge on any atom is 0.124 e. The smallest absolute Gasteiger partial charge is 0.124 e. The summed E-state index contributed by atoms with van der Waals surface area (Å²) in [4.78, 5) is 0. The Kier molecular flexibility index (Phi) is 4.55. The van der Waals surface area contributed by atoms with Gasteiger partial charge < -0.3 is 5.11 Å². The molecule has 0 saturated heterocycles. The molecule has 0 aliphatic rings. The Morgan fingerprint density at radius 1 is 1.50 bits per heavy atom. The van der Waals surface area contributed by atoms with Crippen molar-refractivity contribution in [2.24, 2.45) is 0 Å². The van der Waals surface area contributed by atoms with Crippen molar-refractivity contribution < 1.29 is 9.50 Å². The van der Waals surface area contributed by atoms with Crippen molar-refractivity contribution in [1.82, 2.24) is 0 Å². The molecule has 0 fully saturated rings. The Bertz CT molecular complexity index is 301. The molecule has 0 aliphatic carbocycles. The maximum atomic E-state index is 12.7. The topological polar surface area (TPSA) is 20.2 Å². The van der Waals surface area contributed by atoms with Gasteiger partial charge in [-0.3, -0.25) is 0 Å². The number of benzene rings is 1. The van der Waals surface area contributed by atoms with E-state index in [9.17, 15) is 9.50 Å². The normalized spacial score (nSPS) is 12.9. The summed E-state index contributed by atoms with van der Waals surface area (Å²) in [6.45, 7) is 1.95. The minimum Gasteiger partial charge on any atom is -0.393 e. The second-order valence-corrected chi connectivity index (χ2v) is 4.19. The van der Waals surface area contributed by atoms with Crippen LogP contribution in [0.25, 0.3) is 0 Å². The Morgan fingerprint density at radius 3 is 2.79 bits per heavy atom. The van der Waals surface area contributed by atoms with Crippen molar-refractivity contribution in [3.8, 4) is 0 Å². The molecule has 0 heterocycles. The second kappa shape index (κ2) is 5.47. The van der Waals surface area contributed by atoms with Crippen LogP contribution in [-0.4, -0.2) is 11.2 Å². The van der Waals surface area contributed by atoms with Gasteiger partial charge in [0.25, 0.3) is 0 Å². The van der Waals surface area contributed by atoms with Crippen LogP contribution in [0.4, 0.5) is 4.39 Å². The summed E-state index contributed by atoms with van der Waals surface area (Å²) < 4.78 is 13.5. The summed E-state index contributed by atoms with van der Waals surface area (Å²) >= 11 is 3.30. The van der Waals surface area contributed by atoms with Crippen molar-refractivity contribution in [1.29, 1.82) is 0 Å². The molecule has 0 aliphatic heterocycles. The number of aryl methyl sites for hydroxylation is 1. The van der Waals surface area contributed by atoms with E-state index in [0.29, 0.717) is 0 Å². The summed E-state index contributed by atoms with van der Waals surface area (Å²) in [5, 5.41) is 9.38. The molecule has 1 N–H and O–H groups in total. The van der Waals surface area contributed by atoms with Crippen LogP contribution in [0.2, 0.25) is 0 Å². The Balaban J connectivity index is 2.59. The predicted octanol–water partition coefficient (Wildman–Crippen LogP) is 3.29. The Labute approximate surface area is 92.1 Å². The standard InChI is InChI=1S/C11H14BrFO/c1-2-10(14)6-4-8-3-5-9(13)7-11(8)12/h3,5,7,10,14H,2,4,6H2,1H3. The number of aliphatic hydroxyl groups excluding tert-OH is 1. The highest BCUT2D eigenvalue weighted by molar-refractivity contribution is 9.10. The van der Waals surface area contributed by atoms with Gasteiger partial charge in [0.2, 0.25) is 0 Å². The predicted molar refractivity (Wildman–Crippen MR) is 58.7 cm³/mol. The van der Waals surface area contributed by atoms with Gasteiger partial charge in [0.05, 0.1) is 6.10 Å². The first-order chi connectivity index (χ1) is 6.63. The van der Waals surface area contributed by atoms with Gasteiger partial charge >= 0.3 is 0 Å². The lowest BCUT2D eigenvalue weighted by molar-refractivity contribution is 0.160. The van der Waals surface area contributed by atoms with Crippen molar-refractivity contribution in [2.75, 3.05) is 0 Å². The van der Waals surface area contributed by atoms with Crippen LogP contribution in [0.15, 0.2) is 22.7 Å². The van der Waals surface area contributed by atoms with Crippen molar-refractivity contribution in [2.45, 2.75) is 32.3 Å². The highest BCUT2D eigenvalue weighted by atomic mass is 79.9. The highest BCUT2D eigenvalue weighted by Gasteiger charge is 2.05. The molecule has 0 spiro atoms. The highest BCUT2D eigenvalue weighted by Crippen LogP contribution is 2.20. The molecule has 1 nitrogen and oxygen atoms in total. The second-order valence-electron chi connectivity index (χ2n) is 3.34. The lowest BCUT2D eigenvalue weighted by Crippen LogP contribution is -2.05. The maximum absolute atomic E-state index is 12.7. The van der Waals surface area contributed by atoms with Crippen LogP contribution < -0.4 is 0 Å². The van der Waals surface area contributed by atoms with Crippen LogP contribution in [0.3, 0.4) is 0 Å². The van der Waals surface area contributed by atoms with Gasteiger partial charge in [0, 0.05) is 4.47 Å². The minimum absolute atomic E-state index is 0.239. The summed E-state index contributed by atoms with van der Waals surface area (Å²) in [6.07, 6.45) is 2.00. The fourth-order valence-electron chi connectivity index (χ4n) is 1.25. The molecule has 0 bridgehead atoms. The molecule has 1 atom stereocenters. The first kappa shape index (κ1) is 11.7. The summed E-state index contributed by atoms with van der Waals surface area (Å²) in [6, 6.07) is 4.65. The number of aliphatic hydroxyl groups is 1. The van der Waals surface area contributed by atoms with Crippen LogP contribution in [0, 0.1) is 5.82 Å². The van der Waals surface area contributed by atoms with Crippen molar-refractivity contribution in [3.63, 3.8) is 0 Å². The van der Waals surface area contributed by atoms with E-state index in [-0.39, 0.29) is 11.9 Å². The van der Waals surface area contributed by atoms with E-state index in [0.717, 1.165) is 29.3 Å². The van der Waals surface area contributed by atoms with Gasteiger partial charge in [-0.2, -0.15) is 0 Å². The molecule has 14 heavy (non-hydrogen) atoms. The fraction of sp³-hybridized carbons (Fsp3) is 0.455. The molecule has 0 aromatic heterocycles. The quantitative estimate of drug-likeness (QED) is 0.881. The van der Waals surface area contributed by atoms with E-state index >= 15 is 0 Å². The van der Waals surface area contributed by atoms with E-state index < -0.39 is 0 Å². The third kappa shape index (κ3) is 3.39. The monoisotopic (exact) mass is 260 g/mol. The van der Waals surface area contributed by atoms with Crippen LogP contribution >= 0.6 is 15.9 Å². The lowest BCUT2D eigenvalue weighted by Gasteiger charge is -2.08. The molecule has 78 valence electrons. The van der Waals surface area contributed by atoms with Crippen LogP contribution in [0.1, 0.15) is 25.3 Å². The molecular weight excluding hydrogens is 247 g/mol. The fourth-order valence-corrected chi connectivity index (χ4v) is 1.80. The average molecular weight is 261 g/mol. The zero-order valence-corrected chi connectivity index (χ0v) is 9.72. The zero-order valence-electron chi connectivity index (χ0n) is 8.13. The summed E-state index contributed by atoms with van der Waals surface area (Å²) in [5.41, 5.74) is 1.04. The molecule has 0 radical (unpaired) electrons. The zero-order chi connectivity index (χ0) is 10.6. The first-order valence-electron chi connectivity index (χ1n) is 4.75. The molecule has 3 heteroatoms. The van der Waals surface area contributed by atoms with Gasteiger partial charge in [0.15, 0.2) is 0 Å². The molecule has 1 rings (SSSR count). The Hall–Kier alpha value is -0.410. The van der Waals surface area contributed by atoms with E-state index in [4.69, 9.17) is 0 Å². The average Bonchev–Trinajstić information content (AvgIpc) is 2.16. The van der Waals surface area contributed by atoms with Gasteiger partial charge in [0.1, 0.15) is 5.82 Å². The van der Waals surface area contributed by atoms with Gasteiger partial charge in [-0.25, -0.2) is 4.39 Å². The molecule has 0 amide bonds. The van der Waals surface area contributed by atoms with Crippen LogP contribution in [-0.2, 0) is 6.42 Å². The molecule has 1 aromatic carbocycles.